The number of carbonyl (C=O) groups is 2. The molecule has 0 radical (unpaired) electrons. The van der Waals surface area contributed by atoms with Crippen molar-refractivity contribution in [3.8, 4) is 0 Å². The number of rotatable bonds is 6. The maximum atomic E-state index is 13.2. The molecular formula is C21H23N3O6S. The summed E-state index contributed by atoms with van der Waals surface area (Å²) in [4.78, 5) is 29.0. The standard InChI is InChI=1S/C21H23N3O6S/c1-5-18(25)29-14(3)30-20-15-10-6-7-11-16(15)31(27,28)24(4)19(20)21(26)23-17-12-8-9-13(2)22-17/h6-12,14H,5H2,1-4H3,(H,22,23,26). The van der Waals surface area contributed by atoms with Crippen molar-refractivity contribution in [2.75, 3.05) is 12.4 Å². The van der Waals surface area contributed by atoms with Crippen LogP contribution in [0.15, 0.2) is 53.1 Å². The molecule has 1 N–H and O–H groups in total. The van der Waals surface area contributed by atoms with Crippen LogP contribution in [0.3, 0.4) is 0 Å². The summed E-state index contributed by atoms with van der Waals surface area (Å²) < 4.78 is 37.9. The van der Waals surface area contributed by atoms with Crippen molar-refractivity contribution in [3.05, 3.63) is 59.4 Å². The molecule has 0 bridgehead atoms. The average Bonchev–Trinajstić information content (AvgIpc) is 2.72. The van der Waals surface area contributed by atoms with Gasteiger partial charge in [0.2, 0.25) is 6.29 Å². The first-order valence-corrected chi connectivity index (χ1v) is 11.0. The van der Waals surface area contributed by atoms with E-state index in [1.807, 2.05) is 0 Å². The summed E-state index contributed by atoms with van der Waals surface area (Å²) in [6.45, 7) is 4.89. The molecule has 31 heavy (non-hydrogen) atoms. The van der Waals surface area contributed by atoms with Crippen molar-refractivity contribution >= 4 is 33.5 Å². The van der Waals surface area contributed by atoms with Gasteiger partial charge in [-0.1, -0.05) is 25.1 Å². The van der Waals surface area contributed by atoms with E-state index in [4.69, 9.17) is 9.47 Å². The third-order valence-electron chi connectivity index (χ3n) is 4.52. The van der Waals surface area contributed by atoms with Crippen molar-refractivity contribution in [1.29, 1.82) is 0 Å². The average molecular weight is 445 g/mol. The second-order valence-electron chi connectivity index (χ2n) is 6.79. The molecular weight excluding hydrogens is 422 g/mol. The van der Waals surface area contributed by atoms with Gasteiger partial charge >= 0.3 is 5.97 Å². The number of benzene rings is 1. The number of hydrogen-bond acceptors (Lipinski definition) is 7. The molecule has 1 unspecified atom stereocenters. The van der Waals surface area contributed by atoms with Crippen LogP contribution >= 0.6 is 0 Å². The predicted octanol–water partition coefficient (Wildman–Crippen LogP) is 2.65. The molecule has 0 aliphatic carbocycles. The Morgan fingerprint density at radius 2 is 1.87 bits per heavy atom. The van der Waals surface area contributed by atoms with Crippen LogP contribution in [0.25, 0.3) is 5.76 Å². The van der Waals surface area contributed by atoms with E-state index in [9.17, 15) is 18.0 Å². The van der Waals surface area contributed by atoms with E-state index in [0.29, 0.717) is 5.69 Å². The fourth-order valence-corrected chi connectivity index (χ4v) is 4.42. The van der Waals surface area contributed by atoms with Gasteiger partial charge in [-0.25, -0.2) is 13.4 Å². The molecule has 0 fully saturated rings. The molecule has 3 rings (SSSR count). The summed E-state index contributed by atoms with van der Waals surface area (Å²) in [7, 11) is -2.75. The Labute approximate surface area is 180 Å². The van der Waals surface area contributed by atoms with Crippen molar-refractivity contribution in [1.82, 2.24) is 9.29 Å². The molecule has 164 valence electrons. The van der Waals surface area contributed by atoms with Crippen LogP contribution in [-0.4, -0.2) is 42.9 Å². The lowest BCUT2D eigenvalue weighted by Crippen LogP contribution is -2.38. The minimum Gasteiger partial charge on any atom is -0.452 e. The Hall–Kier alpha value is -3.40. The third-order valence-corrected chi connectivity index (χ3v) is 6.33. The molecule has 10 heteroatoms. The highest BCUT2D eigenvalue weighted by molar-refractivity contribution is 7.89. The summed E-state index contributed by atoms with van der Waals surface area (Å²) in [6.07, 6.45) is -0.908. The van der Waals surface area contributed by atoms with E-state index in [-0.39, 0.29) is 34.2 Å². The molecule has 1 amide bonds. The number of amides is 1. The number of pyridine rings is 1. The molecule has 1 aromatic heterocycles. The fraction of sp³-hybridized carbons (Fsp3) is 0.286. The fourth-order valence-electron chi connectivity index (χ4n) is 3.03. The number of esters is 1. The number of fused-ring (bicyclic) bond motifs is 1. The quantitative estimate of drug-likeness (QED) is 0.537. The van der Waals surface area contributed by atoms with Gasteiger partial charge in [-0.2, -0.15) is 0 Å². The van der Waals surface area contributed by atoms with E-state index in [0.717, 1.165) is 4.31 Å². The molecule has 9 nitrogen and oxygen atoms in total. The zero-order valence-electron chi connectivity index (χ0n) is 17.6. The number of nitrogens with one attached hydrogen (secondary N) is 1. The zero-order chi connectivity index (χ0) is 22.8. The smallest absolute Gasteiger partial charge is 0.308 e. The summed E-state index contributed by atoms with van der Waals surface area (Å²) in [5, 5.41) is 2.60. The highest BCUT2D eigenvalue weighted by atomic mass is 32.2. The molecule has 0 saturated carbocycles. The van der Waals surface area contributed by atoms with Crippen LogP contribution in [0.4, 0.5) is 5.82 Å². The first-order valence-electron chi connectivity index (χ1n) is 9.59. The second kappa shape index (κ2) is 8.76. The predicted molar refractivity (Wildman–Crippen MR) is 113 cm³/mol. The SMILES string of the molecule is CCC(=O)OC(C)OC1=C(C(=O)Nc2cccc(C)n2)N(C)S(=O)(=O)c2ccccc21. The maximum absolute atomic E-state index is 13.2. The van der Waals surface area contributed by atoms with E-state index in [1.54, 1.807) is 44.2 Å². The van der Waals surface area contributed by atoms with Crippen LogP contribution in [0.5, 0.6) is 0 Å². The molecule has 1 aliphatic heterocycles. The van der Waals surface area contributed by atoms with Gasteiger partial charge in [-0.05, 0) is 31.2 Å². The lowest BCUT2D eigenvalue weighted by molar-refractivity contribution is -0.163. The second-order valence-corrected chi connectivity index (χ2v) is 8.73. The van der Waals surface area contributed by atoms with Gasteiger partial charge in [-0.15, -0.1) is 0 Å². The van der Waals surface area contributed by atoms with Crippen LogP contribution < -0.4 is 5.32 Å². The molecule has 0 spiro atoms. The highest BCUT2D eigenvalue weighted by Crippen LogP contribution is 2.37. The maximum Gasteiger partial charge on any atom is 0.308 e. The van der Waals surface area contributed by atoms with Crippen LogP contribution in [-0.2, 0) is 29.1 Å². The van der Waals surface area contributed by atoms with Crippen molar-refractivity contribution in [2.45, 2.75) is 38.4 Å². The number of aromatic nitrogens is 1. The van der Waals surface area contributed by atoms with Gasteiger partial charge in [0.25, 0.3) is 15.9 Å². The lowest BCUT2D eigenvalue weighted by atomic mass is 10.1. The van der Waals surface area contributed by atoms with Gasteiger partial charge in [0.1, 0.15) is 5.82 Å². The molecule has 0 saturated heterocycles. The topological polar surface area (TPSA) is 115 Å². The number of anilines is 1. The normalized spacial score (nSPS) is 15.7. The first-order chi connectivity index (χ1) is 14.6. The zero-order valence-corrected chi connectivity index (χ0v) is 18.4. The number of sulfonamides is 1. The van der Waals surface area contributed by atoms with Crippen molar-refractivity contribution in [2.24, 2.45) is 0 Å². The summed E-state index contributed by atoms with van der Waals surface area (Å²) in [5.74, 6) is -0.989. The van der Waals surface area contributed by atoms with Gasteiger partial charge in [0.15, 0.2) is 11.5 Å². The number of nitrogens with zero attached hydrogens (tertiary/aromatic N) is 2. The Kier molecular flexibility index (Phi) is 6.30. The molecule has 1 aliphatic rings. The summed E-state index contributed by atoms with van der Waals surface area (Å²) in [6, 6.07) is 11.2. The van der Waals surface area contributed by atoms with Gasteiger partial charge in [0.05, 0.1) is 4.90 Å². The van der Waals surface area contributed by atoms with Gasteiger partial charge in [0, 0.05) is 31.6 Å². The number of aryl methyl sites for hydroxylation is 1. The van der Waals surface area contributed by atoms with E-state index in [2.05, 4.69) is 10.3 Å². The summed E-state index contributed by atoms with van der Waals surface area (Å²) in [5.41, 5.74) is 0.627. The van der Waals surface area contributed by atoms with Gasteiger partial charge in [-0.3, -0.25) is 13.9 Å². The Morgan fingerprint density at radius 1 is 1.16 bits per heavy atom. The number of likely N-dealkylation sites (N-methyl/N-ethyl adjacent to an activating group) is 1. The monoisotopic (exact) mass is 445 g/mol. The minimum absolute atomic E-state index is 0.0190. The van der Waals surface area contributed by atoms with Crippen LogP contribution in [0, 0.1) is 6.92 Å². The Morgan fingerprint density at radius 3 is 2.55 bits per heavy atom. The van der Waals surface area contributed by atoms with Crippen LogP contribution in [0.1, 0.15) is 31.5 Å². The molecule has 2 heterocycles. The van der Waals surface area contributed by atoms with E-state index in [1.165, 1.54) is 26.1 Å². The Bertz CT molecular complexity index is 1160. The van der Waals surface area contributed by atoms with E-state index >= 15 is 0 Å². The van der Waals surface area contributed by atoms with Crippen molar-refractivity contribution < 1.29 is 27.5 Å². The Balaban J connectivity index is 2.10. The van der Waals surface area contributed by atoms with Crippen LogP contribution in [0.2, 0.25) is 0 Å². The molecule has 1 aromatic carbocycles. The number of ether oxygens (including phenoxy) is 2. The minimum atomic E-state index is -4.01. The van der Waals surface area contributed by atoms with E-state index < -0.39 is 28.2 Å². The lowest BCUT2D eigenvalue weighted by Gasteiger charge is -2.31. The molecule has 2 aromatic rings. The first kappa shape index (κ1) is 22.3. The third kappa shape index (κ3) is 4.53. The number of hydrogen-bond donors (Lipinski definition) is 1. The van der Waals surface area contributed by atoms with Gasteiger partial charge < -0.3 is 14.8 Å². The summed E-state index contributed by atoms with van der Waals surface area (Å²) >= 11 is 0. The number of carbonyl (C=O) groups excluding carboxylic acids is 2. The largest absolute Gasteiger partial charge is 0.452 e. The molecule has 1 atom stereocenters. The highest BCUT2D eigenvalue weighted by Gasteiger charge is 2.39. The van der Waals surface area contributed by atoms with Crippen molar-refractivity contribution in [3.63, 3.8) is 0 Å².